The lowest BCUT2D eigenvalue weighted by atomic mass is 10.4. The molecule has 0 aliphatic heterocycles. The van der Waals surface area contributed by atoms with Gasteiger partial charge in [0, 0.05) is 6.54 Å². The molecule has 0 aromatic carbocycles. The maximum absolute atomic E-state index is 11.1. The van der Waals surface area contributed by atoms with E-state index in [0.29, 0.717) is 12.4 Å². The Labute approximate surface area is 98.6 Å². The Hall–Kier alpha value is -2.18. The quantitative estimate of drug-likeness (QED) is 0.691. The number of aromatic nitrogens is 2. The largest absolute Gasteiger partial charge is 0.464 e. The zero-order chi connectivity index (χ0) is 12.7. The average molecular weight is 238 g/mol. The number of amides is 1. The van der Waals surface area contributed by atoms with Crippen molar-refractivity contribution in [2.24, 2.45) is 0 Å². The third-order valence-electron chi connectivity index (χ3n) is 1.86. The molecule has 7 heteroatoms. The molecule has 0 saturated carbocycles. The van der Waals surface area contributed by atoms with Crippen molar-refractivity contribution in [3.05, 3.63) is 17.8 Å². The van der Waals surface area contributed by atoms with Gasteiger partial charge in [0.25, 0.3) is 0 Å². The number of likely N-dealkylation sites (N-methyl/N-ethyl adjacent to an activating group) is 1. The van der Waals surface area contributed by atoms with Crippen LogP contribution in [0.2, 0.25) is 0 Å². The molecule has 0 radical (unpaired) electrons. The minimum absolute atomic E-state index is 0.111. The Morgan fingerprint density at radius 2 is 2.12 bits per heavy atom. The number of rotatable bonds is 5. The molecule has 0 unspecified atom stereocenters. The maximum atomic E-state index is 11.1. The highest BCUT2D eigenvalue weighted by Gasteiger charge is 2.07. The van der Waals surface area contributed by atoms with Crippen LogP contribution in [0.4, 0.5) is 5.82 Å². The highest BCUT2D eigenvalue weighted by atomic mass is 16.5. The molecule has 1 amide bonds. The number of nitrogens with zero attached hydrogens (tertiary/aromatic N) is 2. The van der Waals surface area contributed by atoms with Crippen molar-refractivity contribution in [2.45, 2.75) is 6.92 Å². The topological polar surface area (TPSA) is 93.2 Å². The smallest absolute Gasteiger partial charge is 0.358 e. The van der Waals surface area contributed by atoms with Crippen molar-refractivity contribution in [1.82, 2.24) is 15.5 Å². The number of nitrogens with one attached hydrogen (secondary N) is 2. The minimum atomic E-state index is -0.548. The van der Waals surface area contributed by atoms with Crippen LogP contribution in [0.5, 0.6) is 0 Å². The van der Waals surface area contributed by atoms with Crippen LogP contribution < -0.4 is 10.6 Å². The first-order chi connectivity index (χ1) is 8.17. The zero-order valence-corrected chi connectivity index (χ0v) is 9.69. The van der Waals surface area contributed by atoms with E-state index in [9.17, 15) is 9.59 Å². The number of carbonyl (C=O) groups is 2. The molecular formula is C10H14N4O3. The van der Waals surface area contributed by atoms with Crippen LogP contribution in [0.25, 0.3) is 0 Å². The molecule has 17 heavy (non-hydrogen) atoms. The molecule has 1 rings (SSSR count). The van der Waals surface area contributed by atoms with Crippen molar-refractivity contribution in [1.29, 1.82) is 0 Å². The number of hydrogen-bond acceptors (Lipinski definition) is 6. The fraction of sp³-hybridized carbons (Fsp3) is 0.400. The van der Waals surface area contributed by atoms with E-state index >= 15 is 0 Å². The van der Waals surface area contributed by atoms with E-state index in [-0.39, 0.29) is 18.1 Å². The molecule has 1 aromatic rings. The maximum Gasteiger partial charge on any atom is 0.358 e. The van der Waals surface area contributed by atoms with Crippen LogP contribution in [-0.4, -0.2) is 42.3 Å². The molecule has 0 saturated heterocycles. The minimum Gasteiger partial charge on any atom is -0.464 e. The van der Waals surface area contributed by atoms with E-state index in [2.05, 4.69) is 25.6 Å². The SMILES string of the molecule is CCNC(=O)CNc1ccc(C(=O)OC)nn1. The zero-order valence-electron chi connectivity index (χ0n) is 9.69. The van der Waals surface area contributed by atoms with Gasteiger partial charge in [-0.15, -0.1) is 10.2 Å². The lowest BCUT2D eigenvalue weighted by Gasteiger charge is -2.05. The van der Waals surface area contributed by atoms with Gasteiger partial charge in [-0.2, -0.15) is 0 Å². The van der Waals surface area contributed by atoms with Crippen LogP contribution in [0.15, 0.2) is 12.1 Å². The Morgan fingerprint density at radius 3 is 2.65 bits per heavy atom. The molecular weight excluding hydrogens is 224 g/mol. The van der Waals surface area contributed by atoms with E-state index in [4.69, 9.17) is 0 Å². The normalized spacial score (nSPS) is 9.53. The summed E-state index contributed by atoms with van der Waals surface area (Å²) in [5, 5.41) is 12.8. The molecule has 0 bridgehead atoms. The molecule has 0 atom stereocenters. The summed E-state index contributed by atoms with van der Waals surface area (Å²) in [6.45, 7) is 2.52. The second-order valence-electron chi connectivity index (χ2n) is 3.10. The summed E-state index contributed by atoms with van der Waals surface area (Å²) < 4.78 is 4.48. The Kier molecular flexibility index (Phi) is 4.86. The highest BCUT2D eigenvalue weighted by Crippen LogP contribution is 2.02. The Balaban J connectivity index is 2.51. The van der Waals surface area contributed by atoms with Gasteiger partial charge >= 0.3 is 5.97 Å². The number of hydrogen-bond donors (Lipinski definition) is 2. The van der Waals surface area contributed by atoms with Crippen LogP contribution in [0.3, 0.4) is 0 Å². The first kappa shape index (κ1) is 12.9. The van der Waals surface area contributed by atoms with Crippen molar-refractivity contribution >= 4 is 17.7 Å². The lowest BCUT2D eigenvalue weighted by Crippen LogP contribution is -2.29. The van der Waals surface area contributed by atoms with Crippen LogP contribution in [-0.2, 0) is 9.53 Å². The van der Waals surface area contributed by atoms with Crippen molar-refractivity contribution < 1.29 is 14.3 Å². The van der Waals surface area contributed by atoms with E-state index in [1.807, 2.05) is 6.92 Å². The highest BCUT2D eigenvalue weighted by molar-refractivity contribution is 5.87. The van der Waals surface area contributed by atoms with Gasteiger partial charge in [0.1, 0.15) is 5.82 Å². The number of esters is 1. The predicted molar refractivity (Wildman–Crippen MR) is 60.5 cm³/mol. The molecule has 7 nitrogen and oxygen atoms in total. The summed E-state index contributed by atoms with van der Waals surface area (Å²) in [5.74, 6) is -0.261. The molecule has 0 fully saturated rings. The third-order valence-corrected chi connectivity index (χ3v) is 1.86. The van der Waals surface area contributed by atoms with E-state index < -0.39 is 5.97 Å². The second kappa shape index (κ2) is 6.41. The summed E-state index contributed by atoms with van der Waals surface area (Å²) in [6, 6.07) is 3.03. The van der Waals surface area contributed by atoms with E-state index in [1.165, 1.54) is 13.2 Å². The fourth-order valence-corrected chi connectivity index (χ4v) is 1.07. The third kappa shape index (κ3) is 4.06. The summed E-state index contributed by atoms with van der Waals surface area (Å²) in [5.41, 5.74) is 0.121. The molecule has 0 spiro atoms. The van der Waals surface area contributed by atoms with Crippen molar-refractivity contribution in [2.75, 3.05) is 25.5 Å². The standard InChI is InChI=1S/C10H14N4O3/c1-3-11-9(15)6-12-8-5-4-7(13-14-8)10(16)17-2/h4-5H,3,6H2,1-2H3,(H,11,15)(H,12,14). The first-order valence-corrected chi connectivity index (χ1v) is 5.10. The van der Waals surface area contributed by atoms with Crippen molar-refractivity contribution in [3.8, 4) is 0 Å². The molecule has 92 valence electrons. The number of ether oxygens (including phenoxy) is 1. The van der Waals surface area contributed by atoms with Crippen LogP contribution in [0, 0.1) is 0 Å². The van der Waals surface area contributed by atoms with Gasteiger partial charge in [-0.1, -0.05) is 0 Å². The number of anilines is 1. The van der Waals surface area contributed by atoms with Crippen LogP contribution in [0.1, 0.15) is 17.4 Å². The summed E-state index contributed by atoms with van der Waals surface area (Å²) in [4.78, 5) is 22.2. The summed E-state index contributed by atoms with van der Waals surface area (Å²) in [6.07, 6.45) is 0. The predicted octanol–water partition coefficient (Wildman–Crippen LogP) is -0.189. The summed E-state index contributed by atoms with van der Waals surface area (Å²) >= 11 is 0. The molecule has 1 heterocycles. The Morgan fingerprint density at radius 1 is 1.35 bits per heavy atom. The second-order valence-corrected chi connectivity index (χ2v) is 3.10. The van der Waals surface area contributed by atoms with Gasteiger partial charge < -0.3 is 15.4 Å². The van der Waals surface area contributed by atoms with Gasteiger partial charge in [-0.25, -0.2) is 4.79 Å². The number of methoxy groups -OCH3 is 1. The van der Waals surface area contributed by atoms with E-state index in [0.717, 1.165) is 0 Å². The van der Waals surface area contributed by atoms with Gasteiger partial charge in [-0.05, 0) is 19.1 Å². The van der Waals surface area contributed by atoms with Crippen molar-refractivity contribution in [3.63, 3.8) is 0 Å². The van der Waals surface area contributed by atoms with E-state index in [1.54, 1.807) is 6.07 Å². The van der Waals surface area contributed by atoms with Gasteiger partial charge in [-0.3, -0.25) is 4.79 Å². The molecule has 0 aliphatic rings. The average Bonchev–Trinajstić information content (AvgIpc) is 2.36. The summed E-state index contributed by atoms with van der Waals surface area (Å²) in [7, 11) is 1.27. The molecule has 2 N–H and O–H groups in total. The van der Waals surface area contributed by atoms with Gasteiger partial charge in [0.2, 0.25) is 5.91 Å². The molecule has 0 aliphatic carbocycles. The first-order valence-electron chi connectivity index (χ1n) is 5.10. The van der Waals surface area contributed by atoms with Crippen LogP contribution >= 0.6 is 0 Å². The number of carbonyl (C=O) groups excluding carboxylic acids is 2. The monoisotopic (exact) mass is 238 g/mol. The van der Waals surface area contributed by atoms with Gasteiger partial charge in [0.15, 0.2) is 5.69 Å². The Bertz CT molecular complexity index is 391. The lowest BCUT2D eigenvalue weighted by molar-refractivity contribution is -0.119. The fourth-order valence-electron chi connectivity index (χ4n) is 1.07. The van der Waals surface area contributed by atoms with Gasteiger partial charge in [0.05, 0.1) is 13.7 Å². The molecule has 1 aromatic heterocycles.